The summed E-state index contributed by atoms with van der Waals surface area (Å²) in [4.78, 5) is 0. The largest absolute Gasteiger partial charge is 0.0616 e. The number of benzene rings is 3. The zero-order valence-corrected chi connectivity index (χ0v) is 11.5. The van der Waals surface area contributed by atoms with Gasteiger partial charge in [0.15, 0.2) is 0 Å². The SMILES string of the molecule is Cc1ccc(Cc2cccc3ccccc23)c(C)c1. The Morgan fingerprint density at radius 2 is 1.53 bits per heavy atom. The van der Waals surface area contributed by atoms with Crippen LogP contribution in [0.1, 0.15) is 22.3 Å². The monoisotopic (exact) mass is 246 g/mol. The molecule has 0 heteroatoms. The smallest absolute Gasteiger partial charge is 0.00170 e. The molecule has 0 amide bonds. The third kappa shape index (κ3) is 2.39. The summed E-state index contributed by atoms with van der Waals surface area (Å²) >= 11 is 0. The number of fused-ring (bicyclic) bond motifs is 1. The van der Waals surface area contributed by atoms with E-state index in [0.29, 0.717) is 0 Å². The molecule has 0 radical (unpaired) electrons. The molecule has 0 saturated heterocycles. The van der Waals surface area contributed by atoms with Crippen molar-refractivity contribution < 1.29 is 0 Å². The lowest BCUT2D eigenvalue weighted by Crippen LogP contribution is -1.93. The summed E-state index contributed by atoms with van der Waals surface area (Å²) in [5.74, 6) is 0. The molecule has 0 spiro atoms. The molecule has 0 aromatic heterocycles. The molecular weight excluding hydrogens is 228 g/mol. The van der Waals surface area contributed by atoms with Crippen molar-refractivity contribution >= 4 is 10.8 Å². The Labute approximate surface area is 114 Å². The molecule has 0 nitrogen and oxygen atoms in total. The maximum Gasteiger partial charge on any atom is -0.00170 e. The second-order valence-electron chi connectivity index (χ2n) is 5.24. The van der Waals surface area contributed by atoms with E-state index in [9.17, 15) is 0 Å². The predicted octanol–water partition coefficient (Wildman–Crippen LogP) is 5.05. The van der Waals surface area contributed by atoms with Crippen LogP contribution in [0.3, 0.4) is 0 Å². The lowest BCUT2D eigenvalue weighted by atomic mass is 9.95. The van der Waals surface area contributed by atoms with Crippen molar-refractivity contribution in [1.82, 2.24) is 0 Å². The molecule has 0 fully saturated rings. The minimum absolute atomic E-state index is 1.01. The van der Waals surface area contributed by atoms with Gasteiger partial charge < -0.3 is 0 Å². The first kappa shape index (κ1) is 12.0. The number of rotatable bonds is 2. The van der Waals surface area contributed by atoms with Gasteiger partial charge in [-0.1, -0.05) is 66.2 Å². The molecule has 3 aromatic carbocycles. The van der Waals surface area contributed by atoms with E-state index in [0.717, 1.165) is 6.42 Å². The van der Waals surface area contributed by atoms with Crippen LogP contribution in [-0.4, -0.2) is 0 Å². The summed E-state index contributed by atoms with van der Waals surface area (Å²) in [5.41, 5.74) is 5.54. The standard InChI is InChI=1S/C19H18/c1-14-10-11-17(15(2)12-14)13-18-8-5-7-16-6-3-4-9-19(16)18/h3-12H,13H2,1-2H3. The van der Waals surface area contributed by atoms with Crippen LogP contribution >= 0.6 is 0 Å². The molecule has 0 atom stereocenters. The quantitative estimate of drug-likeness (QED) is 0.593. The average Bonchev–Trinajstić information content (AvgIpc) is 2.42. The van der Waals surface area contributed by atoms with Crippen molar-refractivity contribution in [3.63, 3.8) is 0 Å². The Bertz CT molecular complexity index is 718. The van der Waals surface area contributed by atoms with Crippen LogP contribution in [0, 0.1) is 13.8 Å². The maximum absolute atomic E-state index is 2.26. The molecule has 0 saturated carbocycles. The third-order valence-corrected chi connectivity index (χ3v) is 3.76. The Morgan fingerprint density at radius 3 is 2.37 bits per heavy atom. The van der Waals surface area contributed by atoms with Crippen LogP contribution in [0.5, 0.6) is 0 Å². The number of hydrogen-bond donors (Lipinski definition) is 0. The van der Waals surface area contributed by atoms with Gasteiger partial charge in [-0.05, 0) is 47.7 Å². The van der Waals surface area contributed by atoms with Crippen molar-refractivity contribution in [2.24, 2.45) is 0 Å². The van der Waals surface area contributed by atoms with Crippen molar-refractivity contribution in [1.29, 1.82) is 0 Å². The van der Waals surface area contributed by atoms with Crippen LogP contribution in [-0.2, 0) is 6.42 Å². The molecule has 19 heavy (non-hydrogen) atoms. The Hall–Kier alpha value is -2.08. The molecule has 0 aliphatic heterocycles. The second-order valence-corrected chi connectivity index (χ2v) is 5.24. The van der Waals surface area contributed by atoms with Gasteiger partial charge in [-0.3, -0.25) is 0 Å². The van der Waals surface area contributed by atoms with Gasteiger partial charge in [-0.2, -0.15) is 0 Å². The summed E-state index contributed by atoms with van der Waals surface area (Å²) in [7, 11) is 0. The molecule has 0 heterocycles. The first-order valence-electron chi connectivity index (χ1n) is 6.77. The van der Waals surface area contributed by atoms with Gasteiger partial charge in [0, 0.05) is 0 Å². The van der Waals surface area contributed by atoms with E-state index in [2.05, 4.69) is 74.5 Å². The van der Waals surface area contributed by atoms with E-state index >= 15 is 0 Å². The molecule has 94 valence electrons. The molecule has 0 unspecified atom stereocenters. The lowest BCUT2D eigenvalue weighted by Gasteiger charge is -2.10. The molecule has 3 rings (SSSR count). The van der Waals surface area contributed by atoms with E-state index in [1.807, 2.05) is 0 Å². The average molecular weight is 246 g/mol. The fourth-order valence-electron chi connectivity index (χ4n) is 2.70. The first-order chi connectivity index (χ1) is 9.24. The molecule has 0 aliphatic rings. The van der Waals surface area contributed by atoms with Crippen LogP contribution < -0.4 is 0 Å². The normalized spacial score (nSPS) is 10.8. The molecule has 0 N–H and O–H groups in total. The highest BCUT2D eigenvalue weighted by Crippen LogP contribution is 2.22. The van der Waals surface area contributed by atoms with Crippen LogP contribution in [0.25, 0.3) is 10.8 Å². The highest BCUT2D eigenvalue weighted by atomic mass is 14.1. The minimum atomic E-state index is 1.01. The number of aryl methyl sites for hydroxylation is 2. The van der Waals surface area contributed by atoms with E-state index in [4.69, 9.17) is 0 Å². The highest BCUT2D eigenvalue weighted by molar-refractivity contribution is 5.85. The molecule has 0 bridgehead atoms. The van der Waals surface area contributed by atoms with Gasteiger partial charge >= 0.3 is 0 Å². The maximum atomic E-state index is 2.26. The van der Waals surface area contributed by atoms with Gasteiger partial charge in [0.25, 0.3) is 0 Å². The summed E-state index contributed by atoms with van der Waals surface area (Å²) in [6.45, 7) is 4.35. The summed E-state index contributed by atoms with van der Waals surface area (Å²) in [6.07, 6.45) is 1.01. The highest BCUT2D eigenvalue weighted by Gasteiger charge is 2.04. The first-order valence-corrected chi connectivity index (χ1v) is 6.77. The van der Waals surface area contributed by atoms with Gasteiger partial charge in [0.1, 0.15) is 0 Å². The van der Waals surface area contributed by atoms with Crippen LogP contribution in [0.15, 0.2) is 60.7 Å². The van der Waals surface area contributed by atoms with E-state index in [1.165, 1.54) is 33.0 Å². The zero-order valence-electron chi connectivity index (χ0n) is 11.5. The summed E-state index contributed by atoms with van der Waals surface area (Å²) in [5, 5.41) is 2.69. The van der Waals surface area contributed by atoms with E-state index in [1.54, 1.807) is 0 Å². The fourth-order valence-corrected chi connectivity index (χ4v) is 2.70. The van der Waals surface area contributed by atoms with Crippen LogP contribution in [0.2, 0.25) is 0 Å². The van der Waals surface area contributed by atoms with E-state index in [-0.39, 0.29) is 0 Å². The Morgan fingerprint density at radius 1 is 0.737 bits per heavy atom. The van der Waals surface area contributed by atoms with Crippen molar-refractivity contribution in [3.05, 3.63) is 82.9 Å². The summed E-state index contributed by atoms with van der Waals surface area (Å²) in [6, 6.07) is 21.9. The van der Waals surface area contributed by atoms with Gasteiger partial charge in [0.2, 0.25) is 0 Å². The predicted molar refractivity (Wildman–Crippen MR) is 82.7 cm³/mol. The topological polar surface area (TPSA) is 0 Å². The fraction of sp³-hybridized carbons (Fsp3) is 0.158. The van der Waals surface area contributed by atoms with Crippen molar-refractivity contribution in [3.8, 4) is 0 Å². The second kappa shape index (κ2) is 4.89. The van der Waals surface area contributed by atoms with Crippen molar-refractivity contribution in [2.75, 3.05) is 0 Å². The number of hydrogen-bond acceptors (Lipinski definition) is 0. The molecule has 0 aliphatic carbocycles. The van der Waals surface area contributed by atoms with Crippen LogP contribution in [0.4, 0.5) is 0 Å². The Kier molecular flexibility index (Phi) is 3.08. The summed E-state index contributed by atoms with van der Waals surface area (Å²) < 4.78 is 0. The van der Waals surface area contributed by atoms with Crippen molar-refractivity contribution in [2.45, 2.75) is 20.3 Å². The lowest BCUT2D eigenvalue weighted by molar-refractivity contribution is 1.16. The third-order valence-electron chi connectivity index (χ3n) is 3.76. The zero-order chi connectivity index (χ0) is 13.2. The van der Waals surface area contributed by atoms with E-state index < -0.39 is 0 Å². The van der Waals surface area contributed by atoms with Gasteiger partial charge in [-0.25, -0.2) is 0 Å². The molecule has 3 aromatic rings. The van der Waals surface area contributed by atoms with Gasteiger partial charge in [0.05, 0.1) is 0 Å². The molecular formula is C19H18. The van der Waals surface area contributed by atoms with Gasteiger partial charge in [-0.15, -0.1) is 0 Å². The Balaban J connectivity index is 2.06. The minimum Gasteiger partial charge on any atom is -0.0616 e.